The summed E-state index contributed by atoms with van der Waals surface area (Å²) in [7, 11) is -4.41. The van der Waals surface area contributed by atoms with Gasteiger partial charge in [-0.05, 0) is 122 Å². The van der Waals surface area contributed by atoms with E-state index in [-0.39, 0.29) is 32.6 Å². The van der Waals surface area contributed by atoms with E-state index in [0.29, 0.717) is 12.8 Å². The molecule has 0 heterocycles. The Kier molecular flexibility index (Phi) is 57.4. The molecule has 9 nitrogen and oxygen atoms in total. The minimum Gasteiger partial charge on any atom is -0.462 e. The van der Waals surface area contributed by atoms with Gasteiger partial charge in [-0.1, -0.05) is 242 Å². The zero-order chi connectivity index (χ0) is 55.9. The van der Waals surface area contributed by atoms with Gasteiger partial charge in [-0.2, -0.15) is 0 Å². The Balaban J connectivity index is 4.09. The maximum absolute atomic E-state index is 12.7. The number of carbonyl (C=O) groups excluding carboxylic acids is 2. The monoisotopic (exact) mass is 1090 g/mol. The Hall–Kier alpha value is -4.37. The quantitative estimate of drug-likeness (QED) is 0.0264. The molecule has 0 saturated heterocycles. The molecule has 0 fully saturated rings. The van der Waals surface area contributed by atoms with Crippen LogP contribution in [0.4, 0.5) is 0 Å². The van der Waals surface area contributed by atoms with Crippen LogP contribution >= 0.6 is 7.82 Å². The summed E-state index contributed by atoms with van der Waals surface area (Å²) in [5.74, 6) is -0.891. The molecule has 0 bridgehead atoms. The number of esters is 2. The minimum absolute atomic E-state index is 0.0373. The first-order valence-electron chi connectivity index (χ1n) is 30.0. The molecule has 77 heavy (non-hydrogen) atoms. The van der Waals surface area contributed by atoms with Gasteiger partial charge in [0.25, 0.3) is 0 Å². The highest BCUT2D eigenvalue weighted by Gasteiger charge is 2.26. The summed E-state index contributed by atoms with van der Waals surface area (Å²) in [4.78, 5) is 35.2. The summed E-state index contributed by atoms with van der Waals surface area (Å²) >= 11 is 0. The fraction of sp³-hybridized carbons (Fsp3) is 0.582. The Bertz CT molecular complexity index is 1810. The molecule has 0 saturated carbocycles. The standard InChI is InChI=1S/C67H108NO8P/c1-3-5-7-9-11-13-15-17-19-21-23-25-27-29-31-32-34-35-37-39-41-43-45-47-49-51-53-55-57-59-66(69)73-63-65(64-75-77(71,72)74-62-61-68)76-67(70)60-58-56-54-52-50-48-46-44-42-40-38-36-33-30-28-26-24-22-20-18-16-14-12-10-8-6-4-2/h5-8,11-14,17-20,23-26,29-31,33,38,40,44,46,50,52,65H,3-4,9-10,15-16,21-22,27-28,32,34-37,39,41-43,45,47-49,51,53-64,68H2,1-2H3,(H,71,72)/b7-5-,8-6-,13-11-,14-12-,19-17-,20-18-,25-23-,26-24-,31-29-,33-30-,40-38-,46-44-,52-50-. The van der Waals surface area contributed by atoms with Crippen LogP contribution in [0.15, 0.2) is 158 Å². The van der Waals surface area contributed by atoms with Crippen LogP contribution in [0.1, 0.15) is 219 Å². The van der Waals surface area contributed by atoms with Crippen molar-refractivity contribution >= 4 is 19.8 Å². The molecule has 0 aliphatic rings. The summed E-state index contributed by atoms with van der Waals surface area (Å²) in [6.45, 7) is 3.45. The van der Waals surface area contributed by atoms with E-state index in [1.54, 1.807) is 0 Å². The topological polar surface area (TPSA) is 134 Å². The van der Waals surface area contributed by atoms with Gasteiger partial charge < -0.3 is 20.1 Å². The van der Waals surface area contributed by atoms with E-state index in [1.807, 2.05) is 0 Å². The van der Waals surface area contributed by atoms with Crippen LogP contribution in [0.3, 0.4) is 0 Å². The summed E-state index contributed by atoms with van der Waals surface area (Å²) in [6.07, 6.45) is 88.7. The summed E-state index contributed by atoms with van der Waals surface area (Å²) < 4.78 is 33.0. The molecule has 0 amide bonds. The Morgan fingerprint density at radius 1 is 0.390 bits per heavy atom. The van der Waals surface area contributed by atoms with Crippen molar-refractivity contribution < 1.29 is 37.6 Å². The molecule has 2 atom stereocenters. The lowest BCUT2D eigenvalue weighted by atomic mass is 10.0. The van der Waals surface area contributed by atoms with Crippen molar-refractivity contribution in [2.45, 2.75) is 225 Å². The van der Waals surface area contributed by atoms with Crippen molar-refractivity contribution in [3.05, 3.63) is 158 Å². The number of unbranched alkanes of at least 4 members (excludes halogenated alkanes) is 15. The first kappa shape index (κ1) is 72.6. The number of phosphoric ester groups is 1. The Labute approximate surface area is 470 Å². The summed E-state index contributed by atoms with van der Waals surface area (Å²) in [5, 5.41) is 0. The number of hydrogen-bond donors (Lipinski definition) is 2. The smallest absolute Gasteiger partial charge is 0.462 e. The lowest BCUT2D eigenvalue weighted by Gasteiger charge is -2.19. The molecule has 0 aromatic heterocycles. The van der Waals surface area contributed by atoms with Crippen molar-refractivity contribution in [3.63, 3.8) is 0 Å². The fourth-order valence-electron chi connectivity index (χ4n) is 7.56. The average molecular weight is 1090 g/mol. The molecule has 0 aliphatic heterocycles. The maximum atomic E-state index is 12.7. The van der Waals surface area contributed by atoms with Gasteiger partial charge in [0.15, 0.2) is 6.10 Å². The number of nitrogens with two attached hydrogens (primary N) is 1. The number of ether oxygens (including phenoxy) is 2. The second-order valence-electron chi connectivity index (χ2n) is 19.1. The summed E-state index contributed by atoms with van der Waals surface area (Å²) in [5.41, 5.74) is 5.38. The first-order chi connectivity index (χ1) is 37.8. The van der Waals surface area contributed by atoms with Crippen molar-refractivity contribution in [1.29, 1.82) is 0 Å². The van der Waals surface area contributed by atoms with E-state index in [0.717, 1.165) is 116 Å². The number of carbonyl (C=O) groups is 2. The largest absolute Gasteiger partial charge is 0.472 e. The van der Waals surface area contributed by atoms with Crippen LogP contribution in [-0.4, -0.2) is 49.3 Å². The molecule has 0 radical (unpaired) electrons. The van der Waals surface area contributed by atoms with E-state index >= 15 is 0 Å². The van der Waals surface area contributed by atoms with E-state index in [9.17, 15) is 19.0 Å². The Morgan fingerprint density at radius 2 is 0.675 bits per heavy atom. The Morgan fingerprint density at radius 3 is 1.03 bits per heavy atom. The van der Waals surface area contributed by atoms with Crippen molar-refractivity contribution in [2.24, 2.45) is 5.73 Å². The normalized spacial score (nSPS) is 14.2. The van der Waals surface area contributed by atoms with Crippen LogP contribution in [0, 0.1) is 0 Å². The van der Waals surface area contributed by atoms with E-state index in [1.165, 1.54) is 64.2 Å². The first-order valence-corrected chi connectivity index (χ1v) is 31.5. The van der Waals surface area contributed by atoms with Crippen LogP contribution in [0.2, 0.25) is 0 Å². The SMILES string of the molecule is CC/C=C\C/C=C\C/C=C\C/C=C\C/C=C\C/C=C\C/C=C\C/C=C\CCCCC(=O)OC(COC(=O)CCCCCCCCCCCCCCC/C=C\C/C=C\C/C=C\C/C=C\C/C=C\CC)COP(=O)(O)OCCN. The number of allylic oxidation sites excluding steroid dienone is 26. The summed E-state index contributed by atoms with van der Waals surface area (Å²) in [6, 6.07) is 0. The van der Waals surface area contributed by atoms with E-state index in [2.05, 4.69) is 172 Å². The second-order valence-corrected chi connectivity index (χ2v) is 20.6. The van der Waals surface area contributed by atoms with Gasteiger partial charge in [0.2, 0.25) is 0 Å². The zero-order valence-corrected chi connectivity index (χ0v) is 49.3. The highest BCUT2D eigenvalue weighted by atomic mass is 31.2. The molecule has 0 aromatic carbocycles. The van der Waals surface area contributed by atoms with Gasteiger partial charge >= 0.3 is 19.8 Å². The molecular weight excluding hydrogens is 978 g/mol. The lowest BCUT2D eigenvalue weighted by molar-refractivity contribution is -0.161. The highest BCUT2D eigenvalue weighted by molar-refractivity contribution is 7.47. The predicted octanol–water partition coefficient (Wildman–Crippen LogP) is 19.3. The molecule has 0 rings (SSSR count). The number of hydrogen-bond acceptors (Lipinski definition) is 8. The van der Waals surface area contributed by atoms with E-state index in [4.69, 9.17) is 24.3 Å². The minimum atomic E-state index is -4.41. The van der Waals surface area contributed by atoms with Crippen molar-refractivity contribution in [3.8, 4) is 0 Å². The third kappa shape index (κ3) is 60.7. The number of phosphoric acid groups is 1. The molecule has 434 valence electrons. The molecule has 0 spiro atoms. The molecular formula is C67H108NO8P. The highest BCUT2D eigenvalue weighted by Crippen LogP contribution is 2.43. The zero-order valence-electron chi connectivity index (χ0n) is 48.4. The second kappa shape index (κ2) is 60.9. The average Bonchev–Trinajstić information content (AvgIpc) is 3.42. The van der Waals surface area contributed by atoms with Crippen LogP contribution in [-0.2, 0) is 32.7 Å². The van der Waals surface area contributed by atoms with Crippen molar-refractivity contribution in [2.75, 3.05) is 26.4 Å². The molecule has 0 aromatic rings. The predicted molar refractivity (Wildman–Crippen MR) is 330 cm³/mol. The van der Waals surface area contributed by atoms with Crippen LogP contribution < -0.4 is 5.73 Å². The van der Waals surface area contributed by atoms with Gasteiger partial charge in [-0.15, -0.1) is 0 Å². The van der Waals surface area contributed by atoms with Gasteiger partial charge in [0, 0.05) is 19.4 Å². The maximum Gasteiger partial charge on any atom is 0.472 e. The van der Waals surface area contributed by atoms with Gasteiger partial charge in [-0.3, -0.25) is 18.6 Å². The third-order valence-electron chi connectivity index (χ3n) is 11.9. The molecule has 0 aliphatic carbocycles. The molecule has 10 heteroatoms. The number of rotatable bonds is 54. The third-order valence-corrected chi connectivity index (χ3v) is 12.9. The van der Waals surface area contributed by atoms with Gasteiger partial charge in [0.1, 0.15) is 6.61 Å². The van der Waals surface area contributed by atoms with Gasteiger partial charge in [-0.25, -0.2) is 4.57 Å². The van der Waals surface area contributed by atoms with Gasteiger partial charge in [0.05, 0.1) is 13.2 Å². The van der Waals surface area contributed by atoms with E-state index < -0.39 is 32.5 Å². The fourth-order valence-corrected chi connectivity index (χ4v) is 8.32. The lowest BCUT2D eigenvalue weighted by Crippen LogP contribution is -2.29. The molecule has 2 unspecified atom stereocenters. The van der Waals surface area contributed by atoms with Crippen LogP contribution in [0.25, 0.3) is 0 Å². The molecule has 3 N–H and O–H groups in total. The van der Waals surface area contributed by atoms with Crippen molar-refractivity contribution in [1.82, 2.24) is 0 Å². The van der Waals surface area contributed by atoms with Crippen LogP contribution in [0.5, 0.6) is 0 Å².